The molecule has 0 aromatic heterocycles. The maximum atomic E-state index is 13.1. The molecule has 0 unspecified atom stereocenters. The van der Waals surface area contributed by atoms with Crippen molar-refractivity contribution in [3.05, 3.63) is 58.6 Å². The van der Waals surface area contributed by atoms with Crippen molar-refractivity contribution in [1.82, 2.24) is 0 Å². The Balaban J connectivity index is 1.92. The minimum absolute atomic E-state index is 0.0375. The van der Waals surface area contributed by atoms with Gasteiger partial charge in [-0.1, -0.05) is 11.6 Å². The largest absolute Gasteiger partial charge is 0.493 e. The third-order valence-electron chi connectivity index (χ3n) is 3.42. The van der Waals surface area contributed by atoms with Crippen LogP contribution < -0.4 is 14.8 Å². The van der Waals surface area contributed by atoms with E-state index in [0.717, 1.165) is 18.2 Å². The highest BCUT2D eigenvalue weighted by Gasteiger charge is 2.11. The lowest BCUT2D eigenvalue weighted by molar-refractivity contribution is -0.142. The fourth-order valence-electron chi connectivity index (χ4n) is 2.15. The van der Waals surface area contributed by atoms with E-state index in [0.29, 0.717) is 22.1 Å². The molecule has 0 fully saturated rings. The van der Waals surface area contributed by atoms with Crippen molar-refractivity contribution in [3.63, 3.8) is 0 Å². The lowest BCUT2D eigenvalue weighted by atomic mass is 10.2. The Morgan fingerprint density at radius 3 is 2.50 bits per heavy atom. The van der Waals surface area contributed by atoms with Crippen molar-refractivity contribution in [3.8, 4) is 11.5 Å². The predicted octanol–water partition coefficient (Wildman–Crippen LogP) is 3.83. The summed E-state index contributed by atoms with van der Waals surface area (Å²) in [5, 5.41) is 2.57. The summed E-state index contributed by atoms with van der Waals surface area (Å²) in [7, 11) is 2.89. The van der Waals surface area contributed by atoms with Crippen molar-refractivity contribution in [2.24, 2.45) is 0 Å². The molecule has 0 saturated carbocycles. The van der Waals surface area contributed by atoms with Crippen LogP contribution in [0, 0.1) is 11.6 Å². The number of esters is 1. The third-order valence-corrected chi connectivity index (χ3v) is 3.70. The number of rotatable bonds is 7. The molecule has 0 aliphatic rings. The SMILES string of the molecule is COc1cc(/C=C/C(=O)OCC(=O)Nc2ccc(F)c(F)c2)cc(Cl)c1OC. The van der Waals surface area contributed by atoms with Crippen LogP contribution in [0.2, 0.25) is 5.02 Å². The topological polar surface area (TPSA) is 73.9 Å². The second-order valence-corrected chi connectivity index (χ2v) is 5.76. The number of ether oxygens (including phenoxy) is 3. The minimum atomic E-state index is -1.11. The van der Waals surface area contributed by atoms with Crippen LogP contribution in [0.25, 0.3) is 6.08 Å². The zero-order valence-electron chi connectivity index (χ0n) is 14.9. The number of anilines is 1. The van der Waals surface area contributed by atoms with Gasteiger partial charge in [0.2, 0.25) is 0 Å². The molecule has 2 aromatic rings. The van der Waals surface area contributed by atoms with Gasteiger partial charge < -0.3 is 19.5 Å². The Kier molecular flexibility index (Phi) is 7.34. The standard InChI is InChI=1S/C19H16ClF2NO5/c1-26-16-8-11(7-13(20)19(16)27-2)3-6-18(25)28-10-17(24)23-12-4-5-14(21)15(22)9-12/h3-9H,10H2,1-2H3,(H,23,24)/b6-3+. The fourth-order valence-corrected chi connectivity index (χ4v) is 2.45. The molecule has 1 amide bonds. The first-order valence-corrected chi connectivity index (χ1v) is 8.23. The van der Waals surface area contributed by atoms with Gasteiger partial charge >= 0.3 is 5.97 Å². The van der Waals surface area contributed by atoms with Gasteiger partial charge in [-0.2, -0.15) is 0 Å². The van der Waals surface area contributed by atoms with E-state index in [2.05, 4.69) is 5.32 Å². The molecular formula is C19H16ClF2NO5. The van der Waals surface area contributed by atoms with E-state index in [4.69, 9.17) is 25.8 Å². The molecule has 0 atom stereocenters. The van der Waals surface area contributed by atoms with Gasteiger partial charge in [0.1, 0.15) is 0 Å². The molecule has 0 bridgehead atoms. The van der Waals surface area contributed by atoms with Crippen molar-refractivity contribution < 1.29 is 32.6 Å². The molecule has 0 radical (unpaired) electrons. The molecule has 6 nitrogen and oxygen atoms in total. The fraction of sp³-hybridized carbons (Fsp3) is 0.158. The first-order chi connectivity index (χ1) is 13.3. The zero-order valence-corrected chi connectivity index (χ0v) is 15.7. The molecule has 148 valence electrons. The minimum Gasteiger partial charge on any atom is -0.493 e. The Morgan fingerprint density at radius 1 is 1.11 bits per heavy atom. The van der Waals surface area contributed by atoms with E-state index in [-0.39, 0.29) is 5.69 Å². The smallest absolute Gasteiger partial charge is 0.331 e. The molecule has 0 spiro atoms. The molecule has 2 rings (SSSR count). The second-order valence-electron chi connectivity index (χ2n) is 5.36. The number of methoxy groups -OCH3 is 2. The number of hydrogen-bond donors (Lipinski definition) is 1. The van der Waals surface area contributed by atoms with E-state index >= 15 is 0 Å². The van der Waals surface area contributed by atoms with E-state index < -0.39 is 30.1 Å². The molecule has 9 heteroatoms. The molecule has 0 saturated heterocycles. The van der Waals surface area contributed by atoms with Crippen LogP contribution in [0.3, 0.4) is 0 Å². The van der Waals surface area contributed by atoms with E-state index in [1.165, 1.54) is 26.4 Å². The normalized spacial score (nSPS) is 10.6. The van der Waals surface area contributed by atoms with Gasteiger partial charge in [0.25, 0.3) is 5.91 Å². The summed E-state index contributed by atoms with van der Waals surface area (Å²) in [4.78, 5) is 23.5. The Morgan fingerprint density at radius 2 is 1.86 bits per heavy atom. The highest BCUT2D eigenvalue weighted by molar-refractivity contribution is 6.32. The van der Waals surface area contributed by atoms with Gasteiger partial charge in [-0.25, -0.2) is 13.6 Å². The lowest BCUT2D eigenvalue weighted by Gasteiger charge is -2.10. The first-order valence-electron chi connectivity index (χ1n) is 7.85. The molecular weight excluding hydrogens is 396 g/mol. The lowest BCUT2D eigenvalue weighted by Crippen LogP contribution is -2.20. The Hall–Kier alpha value is -3.13. The van der Waals surface area contributed by atoms with Gasteiger partial charge in [-0.15, -0.1) is 0 Å². The average molecular weight is 412 g/mol. The van der Waals surface area contributed by atoms with Crippen molar-refractivity contribution in [2.75, 3.05) is 26.1 Å². The molecule has 2 aromatic carbocycles. The molecule has 0 heterocycles. The Bertz CT molecular complexity index is 917. The van der Waals surface area contributed by atoms with E-state index in [1.54, 1.807) is 12.1 Å². The van der Waals surface area contributed by atoms with Crippen LogP contribution >= 0.6 is 11.6 Å². The summed E-state index contributed by atoms with van der Waals surface area (Å²) < 4.78 is 41.0. The van der Waals surface area contributed by atoms with Crippen LogP contribution in [-0.2, 0) is 14.3 Å². The van der Waals surface area contributed by atoms with Crippen molar-refractivity contribution in [1.29, 1.82) is 0 Å². The van der Waals surface area contributed by atoms with Crippen LogP contribution in [0.1, 0.15) is 5.56 Å². The van der Waals surface area contributed by atoms with Crippen LogP contribution in [-0.4, -0.2) is 32.7 Å². The highest BCUT2D eigenvalue weighted by Crippen LogP contribution is 2.36. The number of amides is 1. The van der Waals surface area contributed by atoms with Crippen molar-refractivity contribution in [2.45, 2.75) is 0 Å². The van der Waals surface area contributed by atoms with Gasteiger partial charge in [-0.3, -0.25) is 4.79 Å². The number of carbonyl (C=O) groups excluding carboxylic acids is 2. The summed E-state index contributed by atoms with van der Waals surface area (Å²) >= 11 is 6.07. The number of hydrogen-bond acceptors (Lipinski definition) is 5. The number of nitrogens with one attached hydrogen (secondary N) is 1. The van der Waals surface area contributed by atoms with Crippen LogP contribution in [0.4, 0.5) is 14.5 Å². The summed E-state index contributed by atoms with van der Waals surface area (Å²) in [5.41, 5.74) is 0.585. The van der Waals surface area contributed by atoms with E-state index in [9.17, 15) is 18.4 Å². The monoisotopic (exact) mass is 411 g/mol. The summed E-state index contributed by atoms with van der Waals surface area (Å²) in [6.45, 7) is -0.602. The van der Waals surface area contributed by atoms with Crippen molar-refractivity contribution >= 4 is 35.2 Å². The summed E-state index contributed by atoms with van der Waals surface area (Å²) in [6.07, 6.45) is 2.52. The molecule has 0 aliphatic carbocycles. The molecule has 0 aliphatic heterocycles. The average Bonchev–Trinajstić information content (AvgIpc) is 2.67. The zero-order chi connectivity index (χ0) is 20.7. The summed E-state index contributed by atoms with van der Waals surface area (Å²) in [6, 6.07) is 6.02. The van der Waals surface area contributed by atoms with Gasteiger partial charge in [0.15, 0.2) is 29.7 Å². The second kappa shape index (κ2) is 9.70. The number of benzene rings is 2. The van der Waals surface area contributed by atoms with Crippen LogP contribution in [0.5, 0.6) is 11.5 Å². The maximum Gasteiger partial charge on any atom is 0.331 e. The number of carbonyl (C=O) groups is 2. The molecule has 1 N–H and O–H groups in total. The van der Waals surface area contributed by atoms with Gasteiger partial charge in [-0.05, 0) is 35.9 Å². The summed E-state index contributed by atoms with van der Waals surface area (Å²) in [5.74, 6) is -2.89. The van der Waals surface area contributed by atoms with Crippen LogP contribution in [0.15, 0.2) is 36.4 Å². The Labute approximate surface area is 164 Å². The maximum absolute atomic E-state index is 13.1. The van der Waals surface area contributed by atoms with Gasteiger partial charge in [0.05, 0.1) is 19.2 Å². The first kappa shape index (κ1) is 21.2. The predicted molar refractivity (Wildman–Crippen MR) is 99.5 cm³/mol. The quantitative estimate of drug-likeness (QED) is 0.553. The molecule has 28 heavy (non-hydrogen) atoms. The third kappa shape index (κ3) is 5.68. The highest BCUT2D eigenvalue weighted by atomic mass is 35.5. The van der Waals surface area contributed by atoms with E-state index in [1.807, 2.05) is 0 Å². The number of halogens is 3. The van der Waals surface area contributed by atoms with Gasteiger partial charge in [0, 0.05) is 17.8 Å².